The van der Waals surface area contributed by atoms with Gasteiger partial charge in [0.25, 0.3) is 5.56 Å². The van der Waals surface area contributed by atoms with Crippen LogP contribution >= 0.6 is 0 Å². The summed E-state index contributed by atoms with van der Waals surface area (Å²) in [5.74, 6) is -0.434. The lowest BCUT2D eigenvalue weighted by atomic mass is 10.0. The Morgan fingerprint density at radius 2 is 1.81 bits per heavy atom. The van der Waals surface area contributed by atoms with E-state index in [4.69, 9.17) is 9.72 Å². The third kappa shape index (κ3) is 3.96. The second-order valence-electron chi connectivity index (χ2n) is 9.00. The predicted octanol–water partition coefficient (Wildman–Crippen LogP) is 5.39. The fraction of sp³-hybridized carbons (Fsp3) is 0.133. The minimum Gasteiger partial charge on any atom is -0.456 e. The summed E-state index contributed by atoms with van der Waals surface area (Å²) in [7, 11) is 0. The zero-order valence-corrected chi connectivity index (χ0v) is 19.8. The number of allylic oxidation sites excluding steroid dienone is 1. The molecule has 0 N–H and O–H groups in total. The quantitative estimate of drug-likeness (QED) is 0.327. The maximum atomic E-state index is 13.5. The van der Waals surface area contributed by atoms with Crippen LogP contribution in [-0.4, -0.2) is 20.3 Å². The summed E-state index contributed by atoms with van der Waals surface area (Å²) in [5.41, 5.74) is 7.18. The monoisotopic (exact) mass is 473 g/mol. The highest BCUT2D eigenvalue weighted by atomic mass is 16.5. The van der Waals surface area contributed by atoms with Crippen molar-refractivity contribution in [1.82, 2.24) is 14.4 Å². The van der Waals surface area contributed by atoms with Gasteiger partial charge in [-0.2, -0.15) is 0 Å². The van der Waals surface area contributed by atoms with E-state index in [9.17, 15) is 9.59 Å². The summed E-state index contributed by atoms with van der Waals surface area (Å²) in [5, 5.41) is 0.768. The molecule has 0 aliphatic heterocycles. The summed E-state index contributed by atoms with van der Waals surface area (Å²) in [6, 6.07) is 22.7. The van der Waals surface area contributed by atoms with Crippen molar-refractivity contribution >= 4 is 34.2 Å². The van der Waals surface area contributed by atoms with Crippen molar-refractivity contribution in [3.05, 3.63) is 123 Å². The number of rotatable bonds is 4. The molecule has 1 aliphatic carbocycles. The molecule has 176 valence electrons. The van der Waals surface area contributed by atoms with Gasteiger partial charge in [-0.15, -0.1) is 0 Å². The van der Waals surface area contributed by atoms with Crippen LogP contribution in [0.1, 0.15) is 44.9 Å². The number of hydrogen-bond acceptors (Lipinski definition) is 5. The number of para-hydroxylation sites is 1. The summed E-state index contributed by atoms with van der Waals surface area (Å²) in [4.78, 5) is 35.3. The van der Waals surface area contributed by atoms with E-state index in [2.05, 4.69) is 42.2 Å². The molecule has 6 nitrogen and oxygen atoms in total. The number of pyridine rings is 2. The highest BCUT2D eigenvalue weighted by molar-refractivity contribution is 6.07. The van der Waals surface area contributed by atoms with Gasteiger partial charge in [-0.3, -0.25) is 9.20 Å². The minimum atomic E-state index is -0.434. The maximum absolute atomic E-state index is 13.5. The van der Waals surface area contributed by atoms with Crippen LogP contribution in [-0.2, 0) is 17.8 Å². The average molecular weight is 474 g/mol. The van der Waals surface area contributed by atoms with Crippen LogP contribution in [0.15, 0.2) is 83.8 Å². The van der Waals surface area contributed by atoms with E-state index >= 15 is 0 Å². The molecule has 6 rings (SSSR count). The van der Waals surface area contributed by atoms with Crippen molar-refractivity contribution in [3.63, 3.8) is 0 Å². The molecule has 0 fully saturated rings. The van der Waals surface area contributed by atoms with Crippen LogP contribution in [0.5, 0.6) is 0 Å². The molecule has 0 atom stereocenters. The van der Waals surface area contributed by atoms with Crippen LogP contribution in [0.2, 0.25) is 0 Å². The number of fused-ring (bicyclic) bond motifs is 3. The lowest BCUT2D eigenvalue weighted by molar-refractivity contribution is 0.0469. The number of benzene rings is 2. The number of carbonyl (C=O) groups is 1. The van der Waals surface area contributed by atoms with Gasteiger partial charge < -0.3 is 4.74 Å². The summed E-state index contributed by atoms with van der Waals surface area (Å²) >= 11 is 0. The summed E-state index contributed by atoms with van der Waals surface area (Å²) in [6.45, 7) is 1.98. The Kier molecular flexibility index (Phi) is 5.41. The molecule has 1 aliphatic rings. The number of ether oxygens (including phenoxy) is 1. The van der Waals surface area contributed by atoms with Gasteiger partial charge in [0.15, 0.2) is 0 Å². The van der Waals surface area contributed by atoms with Crippen LogP contribution < -0.4 is 5.56 Å². The van der Waals surface area contributed by atoms with E-state index in [0.717, 1.165) is 39.7 Å². The molecule has 36 heavy (non-hydrogen) atoms. The van der Waals surface area contributed by atoms with Gasteiger partial charge in [0, 0.05) is 17.6 Å². The third-order valence-electron chi connectivity index (χ3n) is 6.54. The number of aromatic nitrogens is 3. The number of carbonyl (C=O) groups excluding carboxylic acids is 1. The smallest absolute Gasteiger partial charge is 0.339 e. The molecular weight excluding hydrogens is 450 g/mol. The number of hydrogen-bond donors (Lipinski definition) is 0. The first kappa shape index (κ1) is 21.9. The fourth-order valence-electron chi connectivity index (χ4n) is 4.76. The van der Waals surface area contributed by atoms with Crippen molar-refractivity contribution < 1.29 is 9.53 Å². The van der Waals surface area contributed by atoms with Gasteiger partial charge >= 0.3 is 5.97 Å². The van der Waals surface area contributed by atoms with Crippen molar-refractivity contribution in [3.8, 4) is 0 Å². The lowest BCUT2D eigenvalue weighted by Crippen LogP contribution is -2.17. The SMILES string of the molecule is Cc1ccc(/C=C2\CCc3c2nc2ccccc2c3C(=O)OCc2cc(=O)n3ccccc3n2)cc1. The minimum absolute atomic E-state index is 0.0864. The average Bonchev–Trinajstić information content (AvgIpc) is 3.29. The van der Waals surface area contributed by atoms with Gasteiger partial charge in [-0.05, 0) is 60.7 Å². The van der Waals surface area contributed by atoms with E-state index in [1.807, 2.05) is 30.3 Å². The van der Waals surface area contributed by atoms with Crippen LogP contribution in [0.3, 0.4) is 0 Å². The second kappa shape index (κ2) is 8.89. The van der Waals surface area contributed by atoms with Gasteiger partial charge in [0.1, 0.15) is 12.3 Å². The molecule has 2 aromatic carbocycles. The van der Waals surface area contributed by atoms with Gasteiger partial charge in [-0.25, -0.2) is 14.8 Å². The predicted molar refractivity (Wildman–Crippen MR) is 140 cm³/mol. The van der Waals surface area contributed by atoms with Crippen LogP contribution in [0.4, 0.5) is 0 Å². The molecular formula is C30H23N3O3. The first-order valence-electron chi connectivity index (χ1n) is 11.9. The van der Waals surface area contributed by atoms with Crippen molar-refractivity contribution in [2.75, 3.05) is 0 Å². The van der Waals surface area contributed by atoms with E-state index < -0.39 is 5.97 Å². The third-order valence-corrected chi connectivity index (χ3v) is 6.54. The Hall–Kier alpha value is -4.58. The molecule has 6 heteroatoms. The first-order valence-corrected chi connectivity index (χ1v) is 11.9. The highest BCUT2D eigenvalue weighted by Gasteiger charge is 2.27. The molecule has 0 amide bonds. The topological polar surface area (TPSA) is 73.6 Å². The Morgan fingerprint density at radius 1 is 1.00 bits per heavy atom. The zero-order valence-electron chi connectivity index (χ0n) is 19.8. The number of esters is 1. The van der Waals surface area contributed by atoms with Gasteiger partial charge in [0.05, 0.1) is 22.5 Å². The maximum Gasteiger partial charge on any atom is 0.339 e. The molecule has 3 aromatic heterocycles. The molecule has 0 saturated carbocycles. The number of aryl methyl sites for hydroxylation is 1. The molecule has 0 radical (unpaired) electrons. The largest absolute Gasteiger partial charge is 0.456 e. The van der Waals surface area contributed by atoms with Gasteiger partial charge in [-0.1, -0.05) is 54.1 Å². The van der Waals surface area contributed by atoms with E-state index in [1.165, 1.54) is 16.0 Å². The summed E-state index contributed by atoms with van der Waals surface area (Å²) in [6.07, 6.45) is 5.32. The molecule has 0 unspecified atom stereocenters. The molecule has 0 spiro atoms. The second-order valence-corrected chi connectivity index (χ2v) is 9.00. The lowest BCUT2D eigenvalue weighted by Gasteiger charge is -2.12. The Bertz CT molecular complexity index is 1730. The molecule has 3 heterocycles. The van der Waals surface area contributed by atoms with Gasteiger partial charge in [0.2, 0.25) is 0 Å². The molecule has 5 aromatic rings. The van der Waals surface area contributed by atoms with E-state index in [-0.39, 0.29) is 12.2 Å². The molecule has 0 saturated heterocycles. The Labute approximate surface area is 207 Å². The highest BCUT2D eigenvalue weighted by Crippen LogP contribution is 2.37. The summed E-state index contributed by atoms with van der Waals surface area (Å²) < 4.78 is 7.18. The van der Waals surface area contributed by atoms with Crippen molar-refractivity contribution in [2.45, 2.75) is 26.4 Å². The van der Waals surface area contributed by atoms with Crippen molar-refractivity contribution in [1.29, 1.82) is 0 Å². The van der Waals surface area contributed by atoms with E-state index in [1.54, 1.807) is 18.3 Å². The fourth-order valence-corrected chi connectivity index (χ4v) is 4.76. The Balaban J connectivity index is 1.37. The standard InChI is InChI=1S/C30H23N3O3/c1-19-9-11-20(12-10-19)16-21-13-14-24-28(23-6-2-3-7-25(23)32-29(21)24)30(35)36-18-22-17-27(34)33-15-5-4-8-26(33)31-22/h2-12,15-17H,13-14,18H2,1H3/b21-16+. The Morgan fingerprint density at radius 3 is 2.67 bits per heavy atom. The normalized spacial score (nSPS) is 13.9. The zero-order chi connectivity index (χ0) is 24.6. The first-order chi connectivity index (χ1) is 17.6. The number of nitrogens with zero attached hydrogens (tertiary/aromatic N) is 3. The molecule has 0 bridgehead atoms. The van der Waals surface area contributed by atoms with Crippen LogP contribution in [0.25, 0.3) is 28.2 Å². The van der Waals surface area contributed by atoms with Crippen LogP contribution in [0, 0.1) is 6.92 Å². The van der Waals surface area contributed by atoms with E-state index in [0.29, 0.717) is 23.3 Å². The van der Waals surface area contributed by atoms with Crippen molar-refractivity contribution in [2.24, 2.45) is 0 Å².